The van der Waals surface area contributed by atoms with Gasteiger partial charge in [-0.2, -0.15) is 0 Å². The van der Waals surface area contributed by atoms with Gasteiger partial charge in [-0.15, -0.1) is 0 Å². The molecule has 0 saturated carbocycles. The number of unbranched alkanes of at least 4 members (excludes halogenated alkanes) is 2. The Bertz CT molecular complexity index is 470. The third-order valence-electron chi connectivity index (χ3n) is 2.79. The van der Waals surface area contributed by atoms with E-state index in [1.54, 1.807) is 0 Å². The molecular weight excluding hydrogens is 408 g/mol. The molecule has 1 aromatic carbocycles. The Labute approximate surface area is 158 Å². The SMILES string of the molecule is CCCCOP(CCCC)Oc1c(Cl)c(Cl)c(Cl)c(Cl)c1Cl. The van der Waals surface area contributed by atoms with Crippen LogP contribution in [0, 0.1) is 0 Å². The third kappa shape index (κ3) is 5.74. The fourth-order valence-electron chi connectivity index (χ4n) is 1.50. The number of hydrogen-bond donors (Lipinski definition) is 0. The molecule has 0 aromatic heterocycles. The fourth-order valence-corrected chi connectivity index (χ4v) is 4.37. The van der Waals surface area contributed by atoms with Crippen LogP contribution in [0.3, 0.4) is 0 Å². The van der Waals surface area contributed by atoms with Gasteiger partial charge in [-0.3, -0.25) is 0 Å². The van der Waals surface area contributed by atoms with E-state index in [1.807, 2.05) is 0 Å². The van der Waals surface area contributed by atoms with E-state index in [-0.39, 0.29) is 30.9 Å². The molecule has 1 atom stereocenters. The molecule has 2 nitrogen and oxygen atoms in total. The highest BCUT2D eigenvalue weighted by molar-refractivity contribution is 7.47. The molecule has 0 aliphatic carbocycles. The van der Waals surface area contributed by atoms with Gasteiger partial charge < -0.3 is 9.05 Å². The van der Waals surface area contributed by atoms with Gasteiger partial charge in [0, 0.05) is 6.16 Å². The molecule has 1 aromatic rings. The van der Waals surface area contributed by atoms with Crippen molar-refractivity contribution in [2.75, 3.05) is 12.8 Å². The molecule has 0 fully saturated rings. The molecular formula is C14H18Cl5O2P. The molecule has 0 aliphatic heterocycles. The summed E-state index contributed by atoms with van der Waals surface area (Å²) in [6.07, 6.45) is 4.85. The van der Waals surface area contributed by atoms with Crippen molar-refractivity contribution >= 4 is 66.4 Å². The average molecular weight is 427 g/mol. The van der Waals surface area contributed by atoms with Crippen LogP contribution in [0.25, 0.3) is 0 Å². The van der Waals surface area contributed by atoms with Crippen molar-refractivity contribution in [1.82, 2.24) is 0 Å². The first kappa shape index (κ1) is 20.9. The van der Waals surface area contributed by atoms with Crippen molar-refractivity contribution in [2.24, 2.45) is 0 Å². The highest BCUT2D eigenvalue weighted by Gasteiger charge is 2.24. The number of halogens is 5. The van der Waals surface area contributed by atoms with E-state index in [1.165, 1.54) is 0 Å². The van der Waals surface area contributed by atoms with Crippen molar-refractivity contribution in [2.45, 2.75) is 39.5 Å². The number of benzene rings is 1. The summed E-state index contributed by atoms with van der Waals surface area (Å²) in [6, 6.07) is 0. The van der Waals surface area contributed by atoms with Crippen LogP contribution in [0.2, 0.25) is 25.1 Å². The van der Waals surface area contributed by atoms with E-state index < -0.39 is 8.38 Å². The molecule has 1 unspecified atom stereocenters. The Morgan fingerprint density at radius 2 is 1.27 bits per heavy atom. The second-order valence-electron chi connectivity index (χ2n) is 4.59. The van der Waals surface area contributed by atoms with E-state index in [0.29, 0.717) is 6.61 Å². The van der Waals surface area contributed by atoms with Crippen LogP contribution in [-0.2, 0) is 4.52 Å². The standard InChI is InChI=1S/C14H18Cl5O2P/c1-3-5-7-20-22(8-6-4-2)21-14-12(18)10(16)9(15)11(17)13(14)19/h3-8H2,1-2H3. The first-order valence-electron chi connectivity index (χ1n) is 7.03. The molecule has 0 saturated heterocycles. The summed E-state index contributed by atoms with van der Waals surface area (Å²) in [4.78, 5) is 0. The van der Waals surface area contributed by atoms with Crippen LogP contribution >= 0.6 is 66.4 Å². The Balaban J connectivity index is 2.96. The predicted molar refractivity (Wildman–Crippen MR) is 99.7 cm³/mol. The smallest absolute Gasteiger partial charge is 0.230 e. The van der Waals surface area contributed by atoms with E-state index in [0.717, 1.165) is 31.8 Å². The Hall–Kier alpha value is 0.860. The summed E-state index contributed by atoms with van der Waals surface area (Å²) in [5, 5.41) is 0.697. The van der Waals surface area contributed by atoms with Crippen molar-refractivity contribution in [3.8, 4) is 5.75 Å². The lowest BCUT2D eigenvalue weighted by atomic mass is 10.3. The summed E-state index contributed by atoms with van der Waals surface area (Å²) < 4.78 is 11.7. The van der Waals surface area contributed by atoms with Gasteiger partial charge in [-0.1, -0.05) is 84.7 Å². The topological polar surface area (TPSA) is 18.5 Å². The molecule has 0 radical (unpaired) electrons. The zero-order valence-electron chi connectivity index (χ0n) is 12.4. The van der Waals surface area contributed by atoms with Crippen molar-refractivity contribution < 1.29 is 9.05 Å². The van der Waals surface area contributed by atoms with E-state index in [2.05, 4.69) is 13.8 Å². The fraction of sp³-hybridized carbons (Fsp3) is 0.571. The zero-order chi connectivity index (χ0) is 16.7. The monoisotopic (exact) mass is 424 g/mol. The van der Waals surface area contributed by atoms with E-state index >= 15 is 0 Å². The molecule has 1 rings (SSSR count). The summed E-state index contributed by atoms with van der Waals surface area (Å²) in [5.41, 5.74) is 0. The molecule has 0 amide bonds. The number of rotatable bonds is 9. The van der Waals surface area contributed by atoms with Gasteiger partial charge in [0.2, 0.25) is 8.38 Å². The van der Waals surface area contributed by atoms with Gasteiger partial charge in [0.25, 0.3) is 0 Å². The molecule has 8 heteroatoms. The summed E-state index contributed by atoms with van der Waals surface area (Å²) in [6.45, 7) is 4.84. The van der Waals surface area contributed by atoms with Gasteiger partial charge in [-0.25, -0.2) is 0 Å². The first-order valence-corrected chi connectivity index (χ1v) is 10.3. The summed E-state index contributed by atoms with van der Waals surface area (Å²) >= 11 is 30.4. The van der Waals surface area contributed by atoms with Crippen LogP contribution in [0.15, 0.2) is 0 Å². The maximum atomic E-state index is 6.19. The Morgan fingerprint density at radius 1 is 0.773 bits per heavy atom. The Morgan fingerprint density at radius 3 is 1.77 bits per heavy atom. The minimum atomic E-state index is -1.15. The van der Waals surface area contributed by atoms with Gasteiger partial charge in [0.05, 0.1) is 21.7 Å². The Kier molecular flexibility index (Phi) is 10.1. The lowest BCUT2D eigenvalue weighted by Crippen LogP contribution is -2.00. The van der Waals surface area contributed by atoms with Gasteiger partial charge >= 0.3 is 0 Å². The second kappa shape index (κ2) is 10.7. The van der Waals surface area contributed by atoms with Crippen molar-refractivity contribution in [1.29, 1.82) is 0 Å². The molecule has 126 valence electrons. The molecule has 0 aliphatic rings. The minimum absolute atomic E-state index is 0.121. The summed E-state index contributed by atoms with van der Waals surface area (Å²) in [7, 11) is -1.15. The van der Waals surface area contributed by atoms with Crippen LogP contribution in [-0.4, -0.2) is 12.8 Å². The highest BCUT2D eigenvalue weighted by Crippen LogP contribution is 2.52. The van der Waals surface area contributed by atoms with Crippen LogP contribution < -0.4 is 4.52 Å². The molecule has 0 N–H and O–H groups in total. The second-order valence-corrected chi connectivity index (χ2v) is 8.03. The molecule has 0 spiro atoms. The van der Waals surface area contributed by atoms with Crippen LogP contribution in [0.5, 0.6) is 5.75 Å². The zero-order valence-corrected chi connectivity index (χ0v) is 17.1. The molecule has 22 heavy (non-hydrogen) atoms. The molecule has 0 heterocycles. The lowest BCUT2D eigenvalue weighted by Gasteiger charge is -2.20. The maximum Gasteiger partial charge on any atom is 0.230 e. The van der Waals surface area contributed by atoms with Gasteiger partial charge in [-0.05, 0) is 12.8 Å². The largest absolute Gasteiger partial charge is 0.444 e. The van der Waals surface area contributed by atoms with Gasteiger partial charge in [0.1, 0.15) is 10.0 Å². The third-order valence-corrected chi connectivity index (χ3v) is 6.57. The van der Waals surface area contributed by atoms with Crippen molar-refractivity contribution in [3.63, 3.8) is 0 Å². The van der Waals surface area contributed by atoms with E-state index in [4.69, 9.17) is 67.1 Å². The van der Waals surface area contributed by atoms with E-state index in [9.17, 15) is 0 Å². The van der Waals surface area contributed by atoms with Crippen LogP contribution in [0.4, 0.5) is 0 Å². The highest BCUT2D eigenvalue weighted by atomic mass is 35.5. The first-order chi connectivity index (χ1) is 10.4. The predicted octanol–water partition coefficient (Wildman–Crippen LogP) is 8.26. The van der Waals surface area contributed by atoms with Crippen LogP contribution in [0.1, 0.15) is 39.5 Å². The molecule has 0 bridgehead atoms. The quantitative estimate of drug-likeness (QED) is 0.171. The van der Waals surface area contributed by atoms with Gasteiger partial charge in [0.15, 0.2) is 5.75 Å². The summed E-state index contributed by atoms with van der Waals surface area (Å²) in [5.74, 6) is 0.237. The average Bonchev–Trinajstić information content (AvgIpc) is 2.52. The minimum Gasteiger partial charge on any atom is -0.444 e. The number of hydrogen-bond acceptors (Lipinski definition) is 2. The maximum absolute atomic E-state index is 6.19. The normalized spacial score (nSPS) is 12.5. The lowest BCUT2D eigenvalue weighted by molar-refractivity contribution is 0.306. The van der Waals surface area contributed by atoms with Crippen molar-refractivity contribution in [3.05, 3.63) is 25.1 Å².